The molecule has 0 unspecified atom stereocenters. The largest absolute Gasteiger partial charge is 0.477 e. The highest BCUT2D eigenvalue weighted by molar-refractivity contribution is 5.98. The summed E-state index contributed by atoms with van der Waals surface area (Å²) in [6.07, 6.45) is 0. The van der Waals surface area contributed by atoms with Crippen LogP contribution in [0.2, 0.25) is 0 Å². The van der Waals surface area contributed by atoms with E-state index < -0.39 is 5.97 Å². The Morgan fingerprint density at radius 3 is 2.73 bits per heavy atom. The van der Waals surface area contributed by atoms with E-state index in [4.69, 9.17) is 0 Å². The summed E-state index contributed by atoms with van der Waals surface area (Å²) >= 11 is 0. The van der Waals surface area contributed by atoms with Crippen molar-refractivity contribution in [1.82, 2.24) is 4.57 Å². The zero-order valence-corrected chi connectivity index (χ0v) is 12.0. The lowest BCUT2D eigenvalue weighted by Gasteiger charge is -2.07. The molecule has 0 spiro atoms. The summed E-state index contributed by atoms with van der Waals surface area (Å²) in [4.78, 5) is 11.6. The number of hydrogen-bond acceptors (Lipinski definition) is 2. The number of aryl methyl sites for hydroxylation is 1. The highest BCUT2D eigenvalue weighted by Crippen LogP contribution is 2.26. The van der Waals surface area contributed by atoms with Gasteiger partial charge in [-0.3, -0.25) is 0 Å². The molecule has 2 aromatic carbocycles. The van der Waals surface area contributed by atoms with Gasteiger partial charge in [-0.1, -0.05) is 24.3 Å². The first-order valence-electron chi connectivity index (χ1n) is 6.87. The molecule has 0 amide bonds. The van der Waals surface area contributed by atoms with Gasteiger partial charge in [0.1, 0.15) is 11.5 Å². The van der Waals surface area contributed by atoms with Gasteiger partial charge >= 0.3 is 5.97 Å². The van der Waals surface area contributed by atoms with E-state index in [2.05, 4.69) is 5.32 Å². The number of anilines is 1. The number of carboxylic acids is 1. The molecule has 0 saturated carbocycles. The summed E-state index contributed by atoms with van der Waals surface area (Å²) in [6.45, 7) is 0.312. The molecule has 1 aromatic heterocycles. The van der Waals surface area contributed by atoms with Crippen molar-refractivity contribution in [3.8, 4) is 0 Å². The van der Waals surface area contributed by atoms with Gasteiger partial charge in [-0.2, -0.15) is 0 Å². The molecule has 112 valence electrons. The standard InChI is InChI=1S/C17H15FN2O2/c1-20-15-8-3-2-7-13(15)14(16(20)17(21)22)10-19-12-6-4-5-11(18)9-12/h2-9,19H,10H2,1H3,(H,21,22). The van der Waals surface area contributed by atoms with Crippen LogP contribution in [0.1, 0.15) is 16.1 Å². The van der Waals surface area contributed by atoms with Gasteiger partial charge in [-0.05, 0) is 24.3 Å². The number of carboxylic acid groups (broad SMARTS) is 1. The van der Waals surface area contributed by atoms with Crippen LogP contribution in [-0.4, -0.2) is 15.6 Å². The minimum Gasteiger partial charge on any atom is -0.477 e. The maximum absolute atomic E-state index is 13.2. The van der Waals surface area contributed by atoms with Crippen molar-refractivity contribution in [3.63, 3.8) is 0 Å². The molecule has 0 fully saturated rings. The van der Waals surface area contributed by atoms with Crippen molar-refractivity contribution in [3.05, 3.63) is 65.6 Å². The molecule has 0 aliphatic carbocycles. The van der Waals surface area contributed by atoms with E-state index in [0.717, 1.165) is 10.9 Å². The van der Waals surface area contributed by atoms with Gasteiger partial charge in [0.15, 0.2) is 0 Å². The Morgan fingerprint density at radius 1 is 1.23 bits per heavy atom. The molecule has 0 saturated heterocycles. The van der Waals surface area contributed by atoms with E-state index in [1.807, 2.05) is 24.3 Å². The van der Waals surface area contributed by atoms with Crippen LogP contribution in [0.3, 0.4) is 0 Å². The van der Waals surface area contributed by atoms with Crippen molar-refractivity contribution >= 4 is 22.6 Å². The lowest BCUT2D eigenvalue weighted by Crippen LogP contribution is -2.10. The number of aromatic nitrogens is 1. The predicted molar refractivity (Wildman–Crippen MR) is 83.6 cm³/mol. The second-order valence-electron chi connectivity index (χ2n) is 5.07. The number of nitrogens with one attached hydrogen (secondary N) is 1. The van der Waals surface area contributed by atoms with Crippen molar-refractivity contribution in [2.24, 2.45) is 7.05 Å². The van der Waals surface area contributed by atoms with Gasteiger partial charge in [0, 0.05) is 35.7 Å². The van der Waals surface area contributed by atoms with Crippen LogP contribution in [0.4, 0.5) is 10.1 Å². The molecule has 2 N–H and O–H groups in total. The van der Waals surface area contributed by atoms with E-state index in [-0.39, 0.29) is 11.5 Å². The Kier molecular flexibility index (Phi) is 3.55. The monoisotopic (exact) mass is 298 g/mol. The third kappa shape index (κ3) is 2.41. The Balaban J connectivity index is 2.02. The first-order chi connectivity index (χ1) is 10.6. The molecule has 3 aromatic rings. The zero-order valence-electron chi connectivity index (χ0n) is 12.0. The summed E-state index contributed by atoms with van der Waals surface area (Å²) in [5.74, 6) is -1.31. The Hall–Kier alpha value is -2.82. The van der Waals surface area contributed by atoms with E-state index >= 15 is 0 Å². The lowest BCUT2D eigenvalue weighted by molar-refractivity contribution is 0.0686. The van der Waals surface area contributed by atoms with Crippen molar-refractivity contribution in [2.75, 3.05) is 5.32 Å². The molecule has 0 aliphatic heterocycles. The average molecular weight is 298 g/mol. The number of para-hydroxylation sites is 1. The second kappa shape index (κ2) is 5.52. The van der Waals surface area contributed by atoms with Crippen LogP contribution in [0.25, 0.3) is 10.9 Å². The van der Waals surface area contributed by atoms with E-state index in [0.29, 0.717) is 17.8 Å². The fourth-order valence-electron chi connectivity index (χ4n) is 2.71. The highest BCUT2D eigenvalue weighted by Gasteiger charge is 2.19. The predicted octanol–water partition coefficient (Wildman–Crippen LogP) is 3.63. The van der Waals surface area contributed by atoms with Crippen LogP contribution >= 0.6 is 0 Å². The van der Waals surface area contributed by atoms with Crippen LogP contribution in [-0.2, 0) is 13.6 Å². The van der Waals surface area contributed by atoms with Gasteiger partial charge in [-0.15, -0.1) is 0 Å². The minimum atomic E-state index is -0.977. The molecule has 5 heteroatoms. The maximum Gasteiger partial charge on any atom is 0.352 e. The second-order valence-corrected chi connectivity index (χ2v) is 5.07. The Labute approximate surface area is 126 Å². The molecule has 0 bridgehead atoms. The number of halogens is 1. The summed E-state index contributed by atoms with van der Waals surface area (Å²) in [6, 6.07) is 13.6. The summed E-state index contributed by atoms with van der Waals surface area (Å²) < 4.78 is 14.9. The normalized spacial score (nSPS) is 10.8. The Bertz CT molecular complexity index is 855. The molecule has 1 heterocycles. The molecule has 22 heavy (non-hydrogen) atoms. The Morgan fingerprint density at radius 2 is 2.00 bits per heavy atom. The third-order valence-corrected chi connectivity index (χ3v) is 3.71. The SMILES string of the molecule is Cn1c(C(=O)O)c(CNc2cccc(F)c2)c2ccccc21. The van der Waals surface area contributed by atoms with Crippen LogP contribution in [0.15, 0.2) is 48.5 Å². The molecule has 0 radical (unpaired) electrons. The molecule has 4 nitrogen and oxygen atoms in total. The summed E-state index contributed by atoms with van der Waals surface area (Å²) in [5, 5.41) is 13.4. The quantitative estimate of drug-likeness (QED) is 0.773. The number of rotatable bonds is 4. The molecule has 0 atom stereocenters. The number of fused-ring (bicyclic) bond motifs is 1. The van der Waals surface area contributed by atoms with Crippen LogP contribution in [0, 0.1) is 5.82 Å². The van der Waals surface area contributed by atoms with Gasteiger partial charge < -0.3 is 15.0 Å². The smallest absolute Gasteiger partial charge is 0.352 e. The molecular weight excluding hydrogens is 283 g/mol. The van der Waals surface area contributed by atoms with Crippen molar-refractivity contribution in [1.29, 1.82) is 0 Å². The van der Waals surface area contributed by atoms with Gasteiger partial charge in [0.25, 0.3) is 0 Å². The summed E-state index contributed by atoms with van der Waals surface area (Å²) in [5.41, 5.74) is 2.40. The van der Waals surface area contributed by atoms with Gasteiger partial charge in [-0.25, -0.2) is 9.18 Å². The molecule has 0 aliphatic rings. The first-order valence-corrected chi connectivity index (χ1v) is 6.87. The van der Waals surface area contributed by atoms with Gasteiger partial charge in [0.05, 0.1) is 0 Å². The number of nitrogens with zero attached hydrogens (tertiary/aromatic N) is 1. The first kappa shape index (κ1) is 14.1. The number of benzene rings is 2. The number of carbonyl (C=O) groups is 1. The van der Waals surface area contributed by atoms with E-state index in [9.17, 15) is 14.3 Å². The minimum absolute atomic E-state index is 0.241. The topological polar surface area (TPSA) is 54.3 Å². The number of aromatic carboxylic acids is 1. The summed E-state index contributed by atoms with van der Waals surface area (Å²) in [7, 11) is 1.73. The lowest BCUT2D eigenvalue weighted by atomic mass is 10.1. The fraction of sp³-hybridized carbons (Fsp3) is 0.118. The number of hydrogen-bond donors (Lipinski definition) is 2. The van der Waals surface area contributed by atoms with Gasteiger partial charge in [0.2, 0.25) is 0 Å². The van der Waals surface area contributed by atoms with Crippen LogP contribution in [0.5, 0.6) is 0 Å². The van der Waals surface area contributed by atoms with Crippen molar-refractivity contribution in [2.45, 2.75) is 6.54 Å². The third-order valence-electron chi connectivity index (χ3n) is 3.71. The average Bonchev–Trinajstić information content (AvgIpc) is 2.78. The molecular formula is C17H15FN2O2. The fourth-order valence-corrected chi connectivity index (χ4v) is 2.71. The van der Waals surface area contributed by atoms with Crippen LogP contribution < -0.4 is 5.32 Å². The highest BCUT2D eigenvalue weighted by atomic mass is 19.1. The van der Waals surface area contributed by atoms with E-state index in [1.54, 1.807) is 23.7 Å². The van der Waals surface area contributed by atoms with Crippen molar-refractivity contribution < 1.29 is 14.3 Å². The van der Waals surface area contributed by atoms with E-state index in [1.165, 1.54) is 12.1 Å². The molecule has 3 rings (SSSR count). The maximum atomic E-state index is 13.2. The zero-order chi connectivity index (χ0) is 15.7.